The predicted molar refractivity (Wildman–Crippen MR) is 113 cm³/mol. The summed E-state index contributed by atoms with van der Waals surface area (Å²) in [6.45, 7) is 4.53. The van der Waals surface area contributed by atoms with E-state index in [1.807, 2.05) is 29.9 Å². The standard InChI is InChI=1S/C22H21FN4.ClH/c1-22(2)11-10-15-19(26-27(3)20(15)22)21-24-17-9-8-13(12-18(17)25-21)14-6-4-5-7-16(14)23;/h4-8,12H,9-11H2,1-3H3;1H. The van der Waals surface area contributed by atoms with Gasteiger partial charge in [-0.3, -0.25) is 4.68 Å². The van der Waals surface area contributed by atoms with Gasteiger partial charge in [-0.25, -0.2) is 14.4 Å². The van der Waals surface area contributed by atoms with Gasteiger partial charge in [0.05, 0.1) is 11.4 Å². The summed E-state index contributed by atoms with van der Waals surface area (Å²) in [5.41, 5.74) is 6.80. The molecule has 3 aliphatic rings. The molecule has 2 aromatic rings. The average Bonchev–Trinajstić information content (AvgIpc) is 3.29. The van der Waals surface area contributed by atoms with E-state index in [1.54, 1.807) is 12.1 Å². The lowest BCUT2D eigenvalue weighted by molar-refractivity contribution is 0.476. The number of allylic oxidation sites excluding steroid dienone is 4. The molecule has 0 N–H and O–H groups in total. The van der Waals surface area contributed by atoms with Crippen LogP contribution < -0.4 is 0 Å². The monoisotopic (exact) mass is 396 g/mol. The van der Waals surface area contributed by atoms with Crippen molar-refractivity contribution in [2.24, 2.45) is 17.0 Å². The van der Waals surface area contributed by atoms with Gasteiger partial charge >= 0.3 is 0 Å². The number of aryl methyl sites for hydroxylation is 1. The van der Waals surface area contributed by atoms with Crippen LogP contribution in [0.1, 0.15) is 49.2 Å². The van der Waals surface area contributed by atoms with Crippen LogP contribution in [0.3, 0.4) is 0 Å². The van der Waals surface area contributed by atoms with E-state index < -0.39 is 0 Å². The molecule has 0 amide bonds. The quantitative estimate of drug-likeness (QED) is 0.720. The maximum Gasteiger partial charge on any atom is 0.181 e. The third kappa shape index (κ3) is 2.76. The molecule has 0 bridgehead atoms. The molecule has 0 fully saturated rings. The average molecular weight is 397 g/mol. The molecule has 0 radical (unpaired) electrons. The van der Waals surface area contributed by atoms with E-state index in [0.717, 1.165) is 35.5 Å². The van der Waals surface area contributed by atoms with Gasteiger partial charge < -0.3 is 0 Å². The zero-order chi connectivity index (χ0) is 18.8. The van der Waals surface area contributed by atoms with Crippen LogP contribution in [-0.2, 0) is 18.9 Å². The second kappa shape index (κ2) is 6.52. The highest BCUT2D eigenvalue weighted by molar-refractivity contribution is 6.20. The number of fused-ring (bicyclic) bond motifs is 2. The summed E-state index contributed by atoms with van der Waals surface area (Å²) in [6.07, 6.45) is 6.73. The van der Waals surface area contributed by atoms with Gasteiger partial charge in [-0.15, -0.1) is 12.4 Å². The Bertz CT molecular complexity index is 1100. The fraction of sp³-hybridized carbons (Fsp3) is 0.318. The van der Waals surface area contributed by atoms with Crippen molar-refractivity contribution in [3.63, 3.8) is 0 Å². The predicted octanol–water partition coefficient (Wildman–Crippen LogP) is 4.78. The highest BCUT2D eigenvalue weighted by atomic mass is 35.5. The van der Waals surface area contributed by atoms with E-state index >= 15 is 0 Å². The van der Waals surface area contributed by atoms with E-state index in [0.29, 0.717) is 17.8 Å². The summed E-state index contributed by atoms with van der Waals surface area (Å²) in [5.74, 6) is 0.474. The Morgan fingerprint density at radius 2 is 1.93 bits per heavy atom. The molecule has 6 heteroatoms. The van der Waals surface area contributed by atoms with E-state index in [1.165, 1.54) is 17.3 Å². The van der Waals surface area contributed by atoms with E-state index in [-0.39, 0.29) is 23.6 Å². The van der Waals surface area contributed by atoms with E-state index in [2.05, 4.69) is 13.8 Å². The summed E-state index contributed by atoms with van der Waals surface area (Å²) in [7, 11) is 2.00. The molecule has 2 heterocycles. The molecule has 4 nitrogen and oxygen atoms in total. The Balaban J connectivity index is 0.00000192. The number of benzene rings is 1. The molecule has 0 saturated heterocycles. The highest BCUT2D eigenvalue weighted by Crippen LogP contribution is 2.40. The van der Waals surface area contributed by atoms with E-state index in [9.17, 15) is 4.39 Å². The Morgan fingerprint density at radius 3 is 2.71 bits per heavy atom. The Hall–Kier alpha value is -2.53. The maximum atomic E-state index is 14.1. The third-order valence-electron chi connectivity index (χ3n) is 5.75. The van der Waals surface area contributed by atoms with Crippen LogP contribution in [0.4, 0.5) is 4.39 Å². The van der Waals surface area contributed by atoms with Crippen LogP contribution in [-0.4, -0.2) is 21.3 Å². The first-order valence-corrected chi connectivity index (χ1v) is 9.34. The fourth-order valence-corrected chi connectivity index (χ4v) is 4.44. The lowest BCUT2D eigenvalue weighted by Gasteiger charge is -2.18. The van der Waals surface area contributed by atoms with Crippen LogP contribution in [0.2, 0.25) is 0 Å². The first kappa shape index (κ1) is 18.8. The topological polar surface area (TPSA) is 42.5 Å². The number of nitrogens with zero attached hydrogens (tertiary/aromatic N) is 4. The van der Waals surface area contributed by atoms with Crippen molar-refractivity contribution >= 4 is 29.5 Å². The zero-order valence-electron chi connectivity index (χ0n) is 16.2. The van der Waals surface area contributed by atoms with Crippen LogP contribution in [0.25, 0.3) is 5.57 Å². The summed E-state index contributed by atoms with van der Waals surface area (Å²) >= 11 is 0. The maximum absolute atomic E-state index is 14.1. The summed E-state index contributed by atoms with van der Waals surface area (Å²) in [6, 6.07) is 6.84. The van der Waals surface area contributed by atoms with Gasteiger partial charge in [0.1, 0.15) is 11.5 Å². The smallest absolute Gasteiger partial charge is 0.181 e. The minimum Gasteiger partial charge on any atom is -0.271 e. The molecule has 1 aromatic heterocycles. The molecule has 1 aliphatic heterocycles. The molecule has 0 saturated carbocycles. The van der Waals surface area contributed by atoms with Gasteiger partial charge in [0.15, 0.2) is 5.84 Å². The molecular formula is C22H22ClFN4. The summed E-state index contributed by atoms with van der Waals surface area (Å²) < 4.78 is 16.1. The SMILES string of the molecule is Cl.Cn1nc(C2=NC3=CC(c4ccccc4F)=CCC3=N2)c2c1C(C)(C)CC2. The van der Waals surface area contributed by atoms with Crippen molar-refractivity contribution in [3.8, 4) is 0 Å². The molecule has 28 heavy (non-hydrogen) atoms. The zero-order valence-corrected chi connectivity index (χ0v) is 17.0. The summed E-state index contributed by atoms with van der Waals surface area (Å²) in [5, 5.41) is 4.73. The largest absolute Gasteiger partial charge is 0.271 e. The molecule has 0 unspecified atom stereocenters. The normalized spacial score (nSPS) is 19.1. The van der Waals surface area contributed by atoms with Crippen molar-refractivity contribution in [1.29, 1.82) is 0 Å². The number of hydrogen-bond donors (Lipinski definition) is 0. The van der Waals surface area contributed by atoms with Crippen LogP contribution in [0, 0.1) is 5.82 Å². The van der Waals surface area contributed by atoms with Crippen molar-refractivity contribution < 1.29 is 4.39 Å². The van der Waals surface area contributed by atoms with Crippen LogP contribution in [0.5, 0.6) is 0 Å². The van der Waals surface area contributed by atoms with Gasteiger partial charge in [0.25, 0.3) is 0 Å². The lowest BCUT2D eigenvalue weighted by atomic mass is 9.91. The summed E-state index contributed by atoms with van der Waals surface area (Å²) in [4.78, 5) is 9.51. The van der Waals surface area contributed by atoms with Gasteiger partial charge in [-0.2, -0.15) is 5.10 Å². The fourth-order valence-electron chi connectivity index (χ4n) is 4.44. The number of amidine groups is 1. The third-order valence-corrected chi connectivity index (χ3v) is 5.75. The number of halogens is 2. The number of hydrogen-bond acceptors (Lipinski definition) is 3. The molecule has 0 atom stereocenters. The van der Waals surface area contributed by atoms with Crippen molar-refractivity contribution in [2.45, 2.75) is 38.5 Å². The van der Waals surface area contributed by atoms with Gasteiger partial charge in [0.2, 0.25) is 0 Å². The molecule has 0 spiro atoms. The minimum absolute atomic E-state index is 0. The minimum atomic E-state index is -0.215. The first-order valence-electron chi connectivity index (χ1n) is 9.34. The Morgan fingerprint density at radius 1 is 1.14 bits per heavy atom. The second-order valence-corrected chi connectivity index (χ2v) is 8.05. The number of aromatic nitrogens is 2. The van der Waals surface area contributed by atoms with Crippen molar-refractivity contribution in [2.75, 3.05) is 0 Å². The lowest BCUT2D eigenvalue weighted by Crippen LogP contribution is -2.17. The van der Waals surface area contributed by atoms with E-state index in [4.69, 9.17) is 15.1 Å². The van der Waals surface area contributed by atoms with Crippen molar-refractivity contribution in [3.05, 3.63) is 70.4 Å². The van der Waals surface area contributed by atoms with Gasteiger partial charge in [-0.05, 0) is 30.6 Å². The van der Waals surface area contributed by atoms with Crippen molar-refractivity contribution in [1.82, 2.24) is 9.78 Å². The Kier molecular flexibility index (Phi) is 4.38. The van der Waals surface area contributed by atoms with Gasteiger partial charge in [0, 0.05) is 35.7 Å². The molecule has 1 aromatic carbocycles. The number of rotatable bonds is 2. The van der Waals surface area contributed by atoms with Crippen LogP contribution >= 0.6 is 12.4 Å². The molecule has 144 valence electrons. The first-order chi connectivity index (χ1) is 12.9. The van der Waals surface area contributed by atoms with Gasteiger partial charge in [-0.1, -0.05) is 38.1 Å². The molecule has 2 aliphatic carbocycles. The van der Waals surface area contributed by atoms with Crippen LogP contribution in [0.15, 0.2) is 52.1 Å². The Labute approximate surface area is 170 Å². The highest BCUT2D eigenvalue weighted by Gasteiger charge is 2.37. The second-order valence-electron chi connectivity index (χ2n) is 8.05. The number of aliphatic imine (C=N–C) groups is 2. The molecular weight excluding hydrogens is 375 g/mol. The molecule has 5 rings (SSSR count).